The van der Waals surface area contributed by atoms with Crippen LogP contribution in [-0.2, 0) is 22.4 Å². The molecule has 3 unspecified atom stereocenters. The lowest BCUT2D eigenvalue weighted by molar-refractivity contribution is 0.0999. The Labute approximate surface area is 111 Å². The van der Waals surface area contributed by atoms with Gasteiger partial charge in [0.05, 0.1) is 6.04 Å². The molecule has 2 rings (SSSR count). The van der Waals surface area contributed by atoms with Crippen LogP contribution in [0.3, 0.4) is 0 Å². The molecule has 12 heteroatoms. The van der Waals surface area contributed by atoms with Crippen LogP contribution >= 0.6 is 24.6 Å². The van der Waals surface area contributed by atoms with Crippen LogP contribution in [0.15, 0.2) is 11.8 Å². The van der Waals surface area contributed by atoms with Gasteiger partial charge in [0.2, 0.25) is 0 Å². The Morgan fingerprint density at radius 2 is 2.11 bits per heavy atom. The minimum absolute atomic E-state index is 0.321. The molecule has 1 fully saturated rings. The normalized spacial score (nSPS) is 42.6. The number of allylic oxidation sites excluding steroid dienone is 1. The predicted molar refractivity (Wildman–Crippen MR) is 67.8 cm³/mol. The standard InChI is InChI=1S/C7H15N2O7P3/c10-18(11)14-8-6-4-2-1-3-5-7(6)9-17-15-19(12,13)16-18/h5-6,8-9,17H,1-4H2,(H,10,11)(H,12,13)/t6-/m1/s1. The maximum atomic E-state index is 11.4. The second kappa shape index (κ2) is 6.31. The van der Waals surface area contributed by atoms with E-state index in [1.807, 2.05) is 6.08 Å². The quantitative estimate of drug-likeness (QED) is 0.490. The largest absolute Gasteiger partial charge is 0.497 e. The topological polar surface area (TPSA) is 126 Å². The van der Waals surface area contributed by atoms with Gasteiger partial charge in [0, 0.05) is 5.70 Å². The zero-order valence-corrected chi connectivity index (χ0v) is 12.6. The van der Waals surface area contributed by atoms with E-state index in [9.17, 15) is 18.9 Å². The molecule has 0 amide bonds. The average molecular weight is 332 g/mol. The third-order valence-electron chi connectivity index (χ3n) is 2.56. The zero-order chi connectivity index (χ0) is 13.9. The van der Waals surface area contributed by atoms with Crippen LogP contribution in [0.25, 0.3) is 0 Å². The summed E-state index contributed by atoms with van der Waals surface area (Å²) in [5.74, 6) is 0. The lowest BCUT2D eigenvalue weighted by atomic mass is 10.1. The summed E-state index contributed by atoms with van der Waals surface area (Å²) in [6.07, 6.45) is 5.34. The van der Waals surface area contributed by atoms with Crippen LogP contribution in [0.5, 0.6) is 0 Å². The second-order valence-corrected chi connectivity index (χ2v) is 7.94. The van der Waals surface area contributed by atoms with Gasteiger partial charge in [0.1, 0.15) is 8.96 Å². The molecule has 4 N–H and O–H groups in total. The molecule has 0 aromatic carbocycles. The lowest BCUT2D eigenvalue weighted by Gasteiger charge is -2.25. The molecule has 9 nitrogen and oxygen atoms in total. The van der Waals surface area contributed by atoms with Gasteiger partial charge >= 0.3 is 15.6 Å². The van der Waals surface area contributed by atoms with E-state index in [4.69, 9.17) is 0 Å². The molecular formula is C7H15N2O7P3. The Kier molecular flexibility index (Phi) is 5.17. The van der Waals surface area contributed by atoms with Gasteiger partial charge in [0.15, 0.2) is 0 Å². The highest BCUT2D eigenvalue weighted by molar-refractivity contribution is 7.64. The highest BCUT2D eigenvalue weighted by Crippen LogP contribution is 2.62. The van der Waals surface area contributed by atoms with Crippen molar-refractivity contribution in [3.05, 3.63) is 11.8 Å². The van der Waals surface area contributed by atoms with Crippen molar-refractivity contribution in [1.29, 1.82) is 0 Å². The molecule has 2 aliphatic rings. The maximum absolute atomic E-state index is 11.4. The van der Waals surface area contributed by atoms with Crippen molar-refractivity contribution in [3.63, 3.8) is 0 Å². The minimum atomic E-state index is -4.70. The molecule has 0 radical (unpaired) electrons. The highest BCUT2D eigenvalue weighted by atomic mass is 31.3. The minimum Gasteiger partial charge on any atom is -0.347 e. The molecule has 0 spiro atoms. The Balaban J connectivity index is 2.16. The Hall–Kier alpha value is 0.190. The maximum Gasteiger partial charge on any atom is 0.497 e. The summed E-state index contributed by atoms with van der Waals surface area (Å²) < 4.78 is 35.9. The summed E-state index contributed by atoms with van der Waals surface area (Å²) in [6.45, 7) is 0. The van der Waals surface area contributed by atoms with Crippen molar-refractivity contribution in [1.82, 2.24) is 10.6 Å². The predicted octanol–water partition coefficient (Wildman–Crippen LogP) is 1.68. The van der Waals surface area contributed by atoms with Gasteiger partial charge < -0.3 is 14.9 Å². The van der Waals surface area contributed by atoms with E-state index >= 15 is 0 Å². The first kappa shape index (κ1) is 15.6. The third-order valence-corrected chi connectivity index (χ3v) is 6.23. The fourth-order valence-electron chi connectivity index (χ4n) is 1.74. The van der Waals surface area contributed by atoms with Crippen LogP contribution in [0, 0.1) is 0 Å². The van der Waals surface area contributed by atoms with Crippen molar-refractivity contribution in [2.75, 3.05) is 0 Å². The monoisotopic (exact) mass is 332 g/mol. The van der Waals surface area contributed by atoms with Crippen LogP contribution < -0.4 is 10.6 Å². The number of phosphoric acid groups is 2. The fourth-order valence-corrected chi connectivity index (χ4v) is 4.65. The molecule has 0 bridgehead atoms. The van der Waals surface area contributed by atoms with Crippen molar-refractivity contribution in [2.45, 2.75) is 31.7 Å². The summed E-state index contributed by atoms with van der Waals surface area (Å²) in [4.78, 5) is 18.5. The van der Waals surface area contributed by atoms with Crippen molar-refractivity contribution in [2.24, 2.45) is 0 Å². The number of hydrogen-bond donors (Lipinski definition) is 4. The van der Waals surface area contributed by atoms with E-state index in [2.05, 4.69) is 23.8 Å². The van der Waals surface area contributed by atoms with Gasteiger partial charge in [-0.2, -0.15) is 14.4 Å². The first-order chi connectivity index (χ1) is 8.88. The van der Waals surface area contributed by atoms with Crippen molar-refractivity contribution >= 4 is 24.6 Å². The summed E-state index contributed by atoms with van der Waals surface area (Å²) in [5.41, 5.74) is 3.11. The zero-order valence-electron chi connectivity index (χ0n) is 9.81. The van der Waals surface area contributed by atoms with Gasteiger partial charge in [-0.3, -0.25) is 0 Å². The van der Waals surface area contributed by atoms with Gasteiger partial charge in [-0.25, -0.2) is 13.4 Å². The molecule has 0 aromatic heterocycles. The van der Waals surface area contributed by atoms with E-state index in [0.29, 0.717) is 12.1 Å². The smallest absolute Gasteiger partial charge is 0.347 e. The molecule has 0 saturated carbocycles. The summed E-state index contributed by atoms with van der Waals surface area (Å²) in [7, 11) is -9.91. The third kappa shape index (κ3) is 4.90. The van der Waals surface area contributed by atoms with E-state index in [1.165, 1.54) is 0 Å². The van der Waals surface area contributed by atoms with Gasteiger partial charge in [-0.1, -0.05) is 12.5 Å². The SMILES string of the molecule is O=P1(O)ON[C@@H]2CCCCC=C2NPOP(=O)(O)O1. The number of nitrogens with one attached hydrogen (secondary N) is 2. The molecular weight excluding hydrogens is 317 g/mol. The Bertz CT molecular complexity index is 456. The number of fused-ring (bicyclic) bond motifs is 1. The van der Waals surface area contributed by atoms with Crippen molar-refractivity contribution in [3.8, 4) is 0 Å². The average Bonchev–Trinajstić information content (AvgIpc) is 2.49. The lowest BCUT2D eigenvalue weighted by Crippen LogP contribution is -2.34. The molecule has 4 atom stereocenters. The molecule has 1 aliphatic heterocycles. The summed E-state index contributed by atoms with van der Waals surface area (Å²) in [6, 6.07) is -0.321. The number of hydrogen-bond acceptors (Lipinski definition) is 7. The van der Waals surface area contributed by atoms with Crippen molar-refractivity contribution < 1.29 is 32.2 Å². The van der Waals surface area contributed by atoms with Crippen LogP contribution in [0.1, 0.15) is 25.7 Å². The summed E-state index contributed by atoms with van der Waals surface area (Å²) in [5, 5.41) is 2.85. The van der Waals surface area contributed by atoms with Gasteiger partial charge in [0.25, 0.3) is 0 Å². The number of rotatable bonds is 0. The van der Waals surface area contributed by atoms with E-state index in [1.54, 1.807) is 0 Å². The van der Waals surface area contributed by atoms with E-state index in [-0.39, 0.29) is 6.04 Å². The molecule has 1 aliphatic carbocycles. The van der Waals surface area contributed by atoms with Crippen LogP contribution in [-0.4, -0.2) is 15.8 Å². The van der Waals surface area contributed by atoms with Crippen LogP contribution in [0.4, 0.5) is 0 Å². The molecule has 1 heterocycles. The summed E-state index contributed by atoms with van der Waals surface area (Å²) >= 11 is 0. The second-order valence-electron chi connectivity index (χ2n) is 4.04. The Morgan fingerprint density at radius 3 is 2.89 bits per heavy atom. The molecule has 0 aromatic rings. The molecule has 110 valence electrons. The van der Waals surface area contributed by atoms with Gasteiger partial charge in [-0.05, 0) is 19.3 Å². The fraction of sp³-hybridized carbons (Fsp3) is 0.714. The Morgan fingerprint density at radius 1 is 1.32 bits per heavy atom. The highest BCUT2D eigenvalue weighted by Gasteiger charge is 2.37. The number of hydroxylamine groups is 1. The van der Waals surface area contributed by atoms with E-state index < -0.39 is 24.6 Å². The van der Waals surface area contributed by atoms with E-state index in [0.717, 1.165) is 19.3 Å². The molecule has 19 heavy (non-hydrogen) atoms. The first-order valence-corrected chi connectivity index (χ1v) is 9.49. The van der Waals surface area contributed by atoms with Crippen LogP contribution in [0.2, 0.25) is 0 Å². The first-order valence-electron chi connectivity index (χ1n) is 5.59. The van der Waals surface area contributed by atoms with Gasteiger partial charge in [-0.15, -0.1) is 0 Å². The molecule has 1 saturated heterocycles.